The van der Waals surface area contributed by atoms with Gasteiger partial charge < -0.3 is 19.9 Å². The Morgan fingerprint density at radius 1 is 1.07 bits per heavy atom. The number of pyridine rings is 1. The van der Waals surface area contributed by atoms with E-state index in [1.165, 1.54) is 12.3 Å². The van der Waals surface area contributed by atoms with Crippen LogP contribution in [0, 0.1) is 16.7 Å². The molecule has 5 rings (SSSR count). The van der Waals surface area contributed by atoms with Crippen molar-refractivity contribution in [3.05, 3.63) is 65.4 Å². The number of nitrogens with zero attached hydrogens (tertiary/aromatic N) is 4. The highest BCUT2D eigenvalue weighted by Crippen LogP contribution is 2.33. The Kier molecular flexibility index (Phi) is 8.77. The molecule has 3 aromatic rings. The second kappa shape index (κ2) is 12.3. The van der Waals surface area contributed by atoms with Gasteiger partial charge in [0.2, 0.25) is 5.91 Å². The average Bonchev–Trinajstić information content (AvgIpc) is 3.31. The number of nitrogens with one attached hydrogen (secondary N) is 1. The molecule has 11 heteroatoms. The molecule has 3 amide bonds. The number of amides is 3. The molecule has 1 N–H and O–H groups in total. The molecule has 2 aromatic carbocycles. The Balaban J connectivity index is 1.29. The number of halogens is 2. The van der Waals surface area contributed by atoms with E-state index in [0.29, 0.717) is 30.4 Å². The predicted molar refractivity (Wildman–Crippen MR) is 169 cm³/mol. The van der Waals surface area contributed by atoms with Gasteiger partial charge in [-0.1, -0.05) is 45.0 Å². The van der Waals surface area contributed by atoms with Gasteiger partial charge in [0, 0.05) is 31.1 Å². The largest absolute Gasteiger partial charge is 0.443 e. The third-order valence-electron chi connectivity index (χ3n) is 8.26. The first kappa shape index (κ1) is 32.8. The maximum absolute atomic E-state index is 13.8. The van der Waals surface area contributed by atoms with Gasteiger partial charge in [-0.2, -0.15) is 5.26 Å². The van der Waals surface area contributed by atoms with Crippen molar-refractivity contribution in [2.45, 2.75) is 78.0 Å². The van der Waals surface area contributed by atoms with Gasteiger partial charge in [0.1, 0.15) is 11.6 Å². The molecule has 0 aliphatic carbocycles. The first-order valence-electron chi connectivity index (χ1n) is 15.4. The molecular formula is C35H39F2N5O4. The van der Waals surface area contributed by atoms with Crippen LogP contribution in [0.2, 0.25) is 0 Å². The van der Waals surface area contributed by atoms with E-state index in [0.717, 1.165) is 33.6 Å². The molecular weight excluding hydrogens is 592 g/mol. The van der Waals surface area contributed by atoms with Crippen molar-refractivity contribution >= 4 is 28.8 Å². The minimum absolute atomic E-state index is 0.0238. The molecule has 2 aliphatic heterocycles. The molecule has 3 heterocycles. The van der Waals surface area contributed by atoms with Gasteiger partial charge in [0.15, 0.2) is 0 Å². The van der Waals surface area contributed by atoms with Crippen molar-refractivity contribution in [1.29, 1.82) is 5.26 Å². The van der Waals surface area contributed by atoms with Crippen molar-refractivity contribution in [3.8, 4) is 17.2 Å². The summed E-state index contributed by atoms with van der Waals surface area (Å²) in [7, 11) is 0. The first-order valence-corrected chi connectivity index (χ1v) is 15.4. The zero-order valence-electron chi connectivity index (χ0n) is 26.8. The highest BCUT2D eigenvalue weighted by Gasteiger charge is 2.47. The summed E-state index contributed by atoms with van der Waals surface area (Å²) in [5.74, 6) is -4.44. The molecule has 0 radical (unpaired) electrons. The van der Waals surface area contributed by atoms with Crippen molar-refractivity contribution < 1.29 is 27.9 Å². The molecule has 0 bridgehead atoms. The van der Waals surface area contributed by atoms with Gasteiger partial charge in [-0.25, -0.2) is 13.6 Å². The van der Waals surface area contributed by atoms with Crippen LogP contribution in [0.5, 0.6) is 0 Å². The summed E-state index contributed by atoms with van der Waals surface area (Å²) in [5.41, 5.74) is 4.26. The monoisotopic (exact) mass is 631 g/mol. The summed E-state index contributed by atoms with van der Waals surface area (Å²) < 4.78 is 33.5. The lowest BCUT2D eigenvalue weighted by Crippen LogP contribution is -2.43. The number of likely N-dealkylation sites (tertiary alicyclic amines) is 1. The number of carbonyl (C=O) groups is 3. The lowest BCUT2D eigenvalue weighted by molar-refractivity contribution is -0.131. The number of aromatic nitrogens is 1. The molecule has 1 saturated heterocycles. The molecule has 2 aliphatic rings. The molecule has 242 valence electrons. The fourth-order valence-corrected chi connectivity index (χ4v) is 6.57. The molecule has 1 atom stereocenters. The van der Waals surface area contributed by atoms with Crippen LogP contribution in [0.1, 0.15) is 68.9 Å². The lowest BCUT2D eigenvalue weighted by atomic mass is 9.84. The standard InChI is InChI=1S/C35H39F2N5O4/c1-33(2,3)20-34(4,5)46-32(45)41-13-11-24-14-22(6-7-25(24)19-41)23-8-9-29-28(15-23)27(10-12-39-29)31(44)40-18-30(43)42-21-35(36,37)16-26(42)17-38/h6-10,12,14-15,26H,11,13,16,18-21H2,1-5H3,(H,40,44)/t26-/m0/s1. The molecule has 1 fully saturated rings. The molecule has 46 heavy (non-hydrogen) atoms. The van der Waals surface area contributed by atoms with E-state index < -0.39 is 48.9 Å². The number of benzene rings is 2. The summed E-state index contributed by atoms with van der Waals surface area (Å²) >= 11 is 0. The van der Waals surface area contributed by atoms with Gasteiger partial charge >= 0.3 is 6.09 Å². The molecule has 0 saturated carbocycles. The van der Waals surface area contributed by atoms with Crippen LogP contribution in [-0.2, 0) is 22.5 Å². The van der Waals surface area contributed by atoms with Gasteiger partial charge in [0.05, 0.1) is 30.2 Å². The Hall–Kier alpha value is -4.59. The Morgan fingerprint density at radius 3 is 2.50 bits per heavy atom. The zero-order valence-corrected chi connectivity index (χ0v) is 26.8. The topological polar surface area (TPSA) is 116 Å². The average molecular weight is 632 g/mol. The van der Waals surface area contributed by atoms with Gasteiger partial charge in [-0.15, -0.1) is 0 Å². The third kappa shape index (κ3) is 7.44. The number of hydrogen-bond acceptors (Lipinski definition) is 6. The quantitative estimate of drug-likeness (QED) is 0.352. The number of nitriles is 1. The van der Waals surface area contributed by atoms with E-state index in [-0.39, 0.29) is 17.1 Å². The Morgan fingerprint density at radius 2 is 1.78 bits per heavy atom. The van der Waals surface area contributed by atoms with E-state index >= 15 is 0 Å². The second-order valence-electron chi connectivity index (χ2n) is 14.0. The maximum Gasteiger partial charge on any atom is 0.410 e. The maximum atomic E-state index is 13.8. The lowest BCUT2D eigenvalue weighted by Gasteiger charge is -2.35. The van der Waals surface area contributed by atoms with Gasteiger partial charge in [0.25, 0.3) is 11.8 Å². The number of fused-ring (bicyclic) bond motifs is 2. The smallest absolute Gasteiger partial charge is 0.410 e. The number of rotatable bonds is 6. The van der Waals surface area contributed by atoms with Crippen LogP contribution in [0.15, 0.2) is 48.7 Å². The number of hydrogen-bond donors (Lipinski definition) is 1. The van der Waals surface area contributed by atoms with E-state index in [2.05, 4.69) is 37.1 Å². The van der Waals surface area contributed by atoms with E-state index in [9.17, 15) is 28.4 Å². The summed E-state index contributed by atoms with van der Waals surface area (Å²) in [6.07, 6.45) is 1.87. The minimum Gasteiger partial charge on any atom is -0.443 e. The third-order valence-corrected chi connectivity index (χ3v) is 8.26. The Labute approximate surface area is 267 Å². The van der Waals surface area contributed by atoms with Crippen LogP contribution in [0.3, 0.4) is 0 Å². The van der Waals surface area contributed by atoms with Gasteiger partial charge in [-0.05, 0) is 72.6 Å². The zero-order chi connectivity index (χ0) is 33.4. The normalized spacial score (nSPS) is 17.7. The Bertz CT molecular complexity index is 1730. The van der Waals surface area contributed by atoms with Crippen LogP contribution in [0.4, 0.5) is 13.6 Å². The van der Waals surface area contributed by atoms with E-state index in [4.69, 9.17) is 4.74 Å². The van der Waals surface area contributed by atoms with Crippen molar-refractivity contribution in [2.24, 2.45) is 5.41 Å². The highest BCUT2D eigenvalue weighted by atomic mass is 19.3. The SMILES string of the molecule is CC(C)(C)CC(C)(C)OC(=O)N1CCc2cc(-c3ccc4nccc(C(=O)NCC(=O)N5CC(F)(F)C[C@H]5C#N)c4c3)ccc2C1. The number of ether oxygens (including phenoxy) is 1. The summed E-state index contributed by atoms with van der Waals surface area (Å²) in [5, 5.41) is 12.3. The van der Waals surface area contributed by atoms with Crippen molar-refractivity contribution in [3.63, 3.8) is 0 Å². The second-order valence-corrected chi connectivity index (χ2v) is 14.0. The van der Waals surface area contributed by atoms with E-state index in [1.807, 2.05) is 44.2 Å². The first-order chi connectivity index (χ1) is 21.5. The highest BCUT2D eigenvalue weighted by molar-refractivity contribution is 6.07. The van der Waals surface area contributed by atoms with Crippen LogP contribution in [0.25, 0.3) is 22.0 Å². The summed E-state index contributed by atoms with van der Waals surface area (Å²) in [6.45, 7) is 9.88. The van der Waals surface area contributed by atoms with Crippen molar-refractivity contribution in [1.82, 2.24) is 20.1 Å². The summed E-state index contributed by atoms with van der Waals surface area (Å²) in [6, 6.07) is 13.7. The number of alkyl halides is 2. The predicted octanol–water partition coefficient (Wildman–Crippen LogP) is 6.10. The number of carbonyl (C=O) groups excluding carboxylic acids is 3. The molecule has 1 aromatic heterocycles. The van der Waals surface area contributed by atoms with Crippen LogP contribution in [-0.4, -0.2) is 69.9 Å². The fourth-order valence-electron chi connectivity index (χ4n) is 6.57. The van der Waals surface area contributed by atoms with E-state index in [1.54, 1.807) is 11.0 Å². The van der Waals surface area contributed by atoms with Gasteiger partial charge in [-0.3, -0.25) is 14.6 Å². The molecule has 0 unspecified atom stereocenters. The fraction of sp³-hybridized carbons (Fsp3) is 0.457. The minimum atomic E-state index is -3.14. The molecule has 9 nitrogen and oxygen atoms in total. The van der Waals surface area contributed by atoms with Crippen molar-refractivity contribution in [2.75, 3.05) is 19.6 Å². The summed E-state index contributed by atoms with van der Waals surface area (Å²) in [4.78, 5) is 45.7. The van der Waals surface area contributed by atoms with Crippen LogP contribution < -0.4 is 5.32 Å². The van der Waals surface area contributed by atoms with Crippen LogP contribution >= 0.6 is 0 Å². The molecule has 0 spiro atoms.